The average molecular weight is 353 g/mol. The zero-order valence-electron chi connectivity index (χ0n) is 13.6. The third-order valence-corrected chi connectivity index (χ3v) is 5.07. The van der Waals surface area contributed by atoms with Crippen molar-refractivity contribution in [2.45, 2.75) is 16.6 Å². The molecule has 3 amide bonds. The quantitative estimate of drug-likeness (QED) is 0.719. The van der Waals surface area contributed by atoms with Crippen molar-refractivity contribution in [3.63, 3.8) is 0 Å². The molecule has 0 saturated heterocycles. The standard InChI is InChI=1S/C19H19N3O2S/c1-2-11-20-19(24)22-15-9-7-14(8-10-15)21-18(23)17-12-13-5-3-4-6-16(13)25-17/h2-10,17H,1,11-12H2,(H,21,23)(H2,20,22,24). The van der Waals surface area contributed by atoms with Gasteiger partial charge in [-0.25, -0.2) is 4.79 Å². The van der Waals surface area contributed by atoms with Gasteiger partial charge in [-0.1, -0.05) is 24.3 Å². The monoisotopic (exact) mass is 353 g/mol. The summed E-state index contributed by atoms with van der Waals surface area (Å²) in [5, 5.41) is 8.16. The molecule has 1 unspecified atom stereocenters. The first kappa shape index (κ1) is 17.1. The van der Waals surface area contributed by atoms with Crippen LogP contribution < -0.4 is 16.0 Å². The van der Waals surface area contributed by atoms with Gasteiger partial charge in [0.05, 0.1) is 5.25 Å². The Labute approximate surface area is 150 Å². The van der Waals surface area contributed by atoms with Crippen molar-refractivity contribution in [3.8, 4) is 0 Å². The van der Waals surface area contributed by atoms with E-state index in [9.17, 15) is 9.59 Å². The molecule has 0 radical (unpaired) electrons. The van der Waals surface area contributed by atoms with E-state index in [2.05, 4.69) is 28.6 Å². The smallest absolute Gasteiger partial charge is 0.319 e. The molecule has 1 heterocycles. The van der Waals surface area contributed by atoms with E-state index in [0.29, 0.717) is 17.9 Å². The van der Waals surface area contributed by atoms with Crippen LogP contribution in [0.4, 0.5) is 16.2 Å². The van der Waals surface area contributed by atoms with Gasteiger partial charge in [0.2, 0.25) is 5.91 Å². The highest BCUT2D eigenvalue weighted by atomic mass is 32.2. The molecule has 0 saturated carbocycles. The molecule has 0 bridgehead atoms. The minimum atomic E-state index is -0.295. The Bertz CT molecular complexity index is 765. The Morgan fingerprint density at radius 2 is 1.76 bits per heavy atom. The summed E-state index contributed by atoms with van der Waals surface area (Å²) in [6.45, 7) is 3.94. The van der Waals surface area contributed by atoms with Crippen LogP contribution in [-0.2, 0) is 11.2 Å². The highest BCUT2D eigenvalue weighted by Crippen LogP contribution is 2.37. The molecule has 0 aliphatic carbocycles. The third-order valence-electron chi connectivity index (χ3n) is 3.76. The Hall–Kier alpha value is -2.73. The summed E-state index contributed by atoms with van der Waals surface area (Å²) in [4.78, 5) is 25.2. The molecule has 3 rings (SSSR count). The number of urea groups is 1. The van der Waals surface area contributed by atoms with E-state index in [1.807, 2.05) is 18.2 Å². The largest absolute Gasteiger partial charge is 0.334 e. The summed E-state index contributed by atoms with van der Waals surface area (Å²) < 4.78 is 0. The van der Waals surface area contributed by atoms with Crippen LogP contribution >= 0.6 is 11.8 Å². The number of amides is 3. The first-order valence-corrected chi connectivity index (χ1v) is 8.85. The number of hydrogen-bond donors (Lipinski definition) is 3. The van der Waals surface area contributed by atoms with Gasteiger partial charge in [-0.3, -0.25) is 4.79 Å². The zero-order valence-corrected chi connectivity index (χ0v) is 14.4. The van der Waals surface area contributed by atoms with Crippen LogP contribution in [0, 0.1) is 0 Å². The zero-order chi connectivity index (χ0) is 17.6. The number of anilines is 2. The summed E-state index contributed by atoms with van der Waals surface area (Å²) >= 11 is 1.60. The maximum atomic E-state index is 12.4. The van der Waals surface area contributed by atoms with Crippen molar-refractivity contribution in [1.29, 1.82) is 0 Å². The number of hydrogen-bond acceptors (Lipinski definition) is 3. The van der Waals surface area contributed by atoms with Crippen molar-refractivity contribution >= 4 is 35.1 Å². The van der Waals surface area contributed by atoms with Crippen molar-refractivity contribution in [2.75, 3.05) is 17.2 Å². The second kappa shape index (κ2) is 7.90. The molecule has 1 aliphatic rings. The van der Waals surface area contributed by atoms with Crippen molar-refractivity contribution in [2.24, 2.45) is 0 Å². The molecule has 1 aliphatic heterocycles. The first-order chi connectivity index (χ1) is 12.2. The number of rotatable bonds is 5. The van der Waals surface area contributed by atoms with Gasteiger partial charge in [0.25, 0.3) is 0 Å². The lowest BCUT2D eigenvalue weighted by atomic mass is 10.1. The van der Waals surface area contributed by atoms with Crippen LogP contribution in [0.1, 0.15) is 5.56 Å². The molecular formula is C19H19N3O2S. The van der Waals surface area contributed by atoms with Gasteiger partial charge < -0.3 is 16.0 Å². The Balaban J connectivity index is 1.54. The van der Waals surface area contributed by atoms with Crippen molar-refractivity contribution in [3.05, 3.63) is 66.7 Å². The maximum Gasteiger partial charge on any atom is 0.319 e. The Morgan fingerprint density at radius 1 is 1.08 bits per heavy atom. The topological polar surface area (TPSA) is 70.2 Å². The summed E-state index contributed by atoms with van der Waals surface area (Å²) in [7, 11) is 0. The van der Waals surface area contributed by atoms with E-state index >= 15 is 0 Å². The maximum absolute atomic E-state index is 12.4. The molecule has 25 heavy (non-hydrogen) atoms. The molecular weight excluding hydrogens is 334 g/mol. The predicted molar refractivity (Wildman–Crippen MR) is 102 cm³/mol. The van der Waals surface area contributed by atoms with E-state index in [0.717, 1.165) is 6.42 Å². The highest BCUT2D eigenvalue weighted by molar-refractivity contribution is 8.01. The lowest BCUT2D eigenvalue weighted by Crippen LogP contribution is -2.28. The number of carbonyl (C=O) groups excluding carboxylic acids is 2. The lowest BCUT2D eigenvalue weighted by Gasteiger charge is -2.11. The van der Waals surface area contributed by atoms with Crippen molar-refractivity contribution in [1.82, 2.24) is 5.32 Å². The fraction of sp³-hybridized carbons (Fsp3) is 0.158. The van der Waals surface area contributed by atoms with Crippen LogP contribution in [0.15, 0.2) is 66.1 Å². The van der Waals surface area contributed by atoms with Gasteiger partial charge in [-0.15, -0.1) is 18.3 Å². The SMILES string of the molecule is C=CCNC(=O)Nc1ccc(NC(=O)C2Cc3ccccc3S2)cc1. The minimum absolute atomic E-state index is 0.00867. The lowest BCUT2D eigenvalue weighted by molar-refractivity contribution is -0.115. The van der Waals surface area contributed by atoms with Crippen LogP contribution in [0.25, 0.3) is 0 Å². The Morgan fingerprint density at radius 3 is 2.44 bits per heavy atom. The molecule has 1 atom stereocenters. The van der Waals surface area contributed by atoms with Crippen LogP contribution in [0.2, 0.25) is 0 Å². The third kappa shape index (κ3) is 4.42. The van der Waals surface area contributed by atoms with E-state index in [1.54, 1.807) is 42.1 Å². The van der Waals surface area contributed by atoms with E-state index in [1.165, 1.54) is 10.5 Å². The van der Waals surface area contributed by atoms with Crippen LogP contribution in [0.3, 0.4) is 0 Å². The second-order valence-corrected chi connectivity index (χ2v) is 6.85. The highest BCUT2D eigenvalue weighted by Gasteiger charge is 2.27. The fourth-order valence-corrected chi connectivity index (χ4v) is 3.72. The average Bonchev–Trinajstić information content (AvgIpc) is 3.06. The van der Waals surface area contributed by atoms with Gasteiger partial charge in [0.15, 0.2) is 0 Å². The van der Waals surface area contributed by atoms with Gasteiger partial charge in [0.1, 0.15) is 0 Å². The molecule has 3 N–H and O–H groups in total. The normalized spacial score (nSPS) is 15.1. The number of carbonyl (C=O) groups is 2. The van der Waals surface area contributed by atoms with E-state index < -0.39 is 0 Å². The number of fused-ring (bicyclic) bond motifs is 1. The number of thioether (sulfide) groups is 1. The van der Waals surface area contributed by atoms with Gasteiger partial charge in [-0.2, -0.15) is 0 Å². The molecule has 0 fully saturated rings. The van der Waals surface area contributed by atoms with Gasteiger partial charge >= 0.3 is 6.03 Å². The van der Waals surface area contributed by atoms with Gasteiger partial charge in [-0.05, 0) is 42.3 Å². The molecule has 2 aromatic carbocycles. The molecule has 0 spiro atoms. The number of nitrogens with one attached hydrogen (secondary N) is 3. The van der Waals surface area contributed by atoms with Crippen LogP contribution in [-0.4, -0.2) is 23.7 Å². The molecule has 0 aromatic heterocycles. The predicted octanol–water partition coefficient (Wildman–Crippen LogP) is 3.65. The van der Waals surface area contributed by atoms with E-state index in [4.69, 9.17) is 0 Å². The molecule has 2 aromatic rings. The number of benzene rings is 2. The summed E-state index contributed by atoms with van der Waals surface area (Å²) in [6.07, 6.45) is 2.35. The second-order valence-electron chi connectivity index (χ2n) is 5.61. The summed E-state index contributed by atoms with van der Waals surface area (Å²) in [6, 6.07) is 14.8. The minimum Gasteiger partial charge on any atom is -0.334 e. The first-order valence-electron chi connectivity index (χ1n) is 7.97. The van der Waals surface area contributed by atoms with Crippen LogP contribution in [0.5, 0.6) is 0 Å². The Kier molecular flexibility index (Phi) is 5.40. The van der Waals surface area contributed by atoms with Crippen molar-refractivity contribution < 1.29 is 9.59 Å². The van der Waals surface area contributed by atoms with E-state index in [-0.39, 0.29) is 17.2 Å². The molecule has 5 nitrogen and oxygen atoms in total. The summed E-state index contributed by atoms with van der Waals surface area (Å²) in [5.41, 5.74) is 2.58. The summed E-state index contributed by atoms with van der Waals surface area (Å²) in [5.74, 6) is -0.00867. The molecule has 128 valence electrons. The molecule has 6 heteroatoms. The fourth-order valence-electron chi connectivity index (χ4n) is 2.53. The van der Waals surface area contributed by atoms with Gasteiger partial charge in [0, 0.05) is 22.8 Å².